The number of rotatable bonds is 1. The lowest BCUT2D eigenvalue weighted by atomic mass is 10.2. The van der Waals surface area contributed by atoms with Gasteiger partial charge >= 0.3 is 0 Å². The number of hydrogen-bond donors (Lipinski definition) is 0. The molecule has 1 heterocycles. The molecule has 0 N–H and O–H groups in total. The minimum absolute atomic E-state index is 0.350. The Labute approximate surface area is 90.9 Å². The smallest absolute Gasteiger partial charge is 0.100 e. The maximum Gasteiger partial charge on any atom is 0.100 e. The molecule has 0 aliphatic carbocycles. The van der Waals surface area contributed by atoms with Crippen LogP contribution in [0.5, 0.6) is 0 Å². The Balaban J connectivity index is 1.86. The van der Waals surface area contributed by atoms with Crippen LogP contribution < -0.4 is 0 Å². The highest BCUT2D eigenvalue weighted by atomic mass is 16.5. The fourth-order valence-electron chi connectivity index (χ4n) is 1.59. The predicted molar refractivity (Wildman–Crippen MR) is 60.3 cm³/mol. The molecule has 15 heavy (non-hydrogen) atoms. The molecule has 1 aliphatic heterocycles. The molecule has 0 radical (unpaired) electrons. The van der Waals surface area contributed by atoms with Gasteiger partial charge in [0.25, 0.3) is 0 Å². The minimum Gasteiger partial charge on any atom is -0.362 e. The average Bonchev–Trinajstić information content (AvgIpc) is 2.66. The van der Waals surface area contributed by atoms with Crippen molar-refractivity contribution in [2.24, 2.45) is 0 Å². The fraction of sp³-hybridized carbons (Fsp3) is 0.385. The second-order valence-corrected chi connectivity index (χ2v) is 3.79. The molecule has 0 bridgehead atoms. The summed E-state index contributed by atoms with van der Waals surface area (Å²) < 4.78 is 5.43. The van der Waals surface area contributed by atoms with Gasteiger partial charge in [0.1, 0.15) is 6.73 Å². The first kappa shape index (κ1) is 10.2. The van der Waals surface area contributed by atoms with E-state index in [-0.39, 0.29) is 0 Å². The van der Waals surface area contributed by atoms with Gasteiger partial charge in [-0.1, -0.05) is 30.0 Å². The van der Waals surface area contributed by atoms with Crippen LogP contribution in [0.4, 0.5) is 0 Å². The summed E-state index contributed by atoms with van der Waals surface area (Å²) in [5.74, 6) is 6.30. The van der Waals surface area contributed by atoms with Gasteiger partial charge in [-0.05, 0) is 19.1 Å². The van der Waals surface area contributed by atoms with Gasteiger partial charge in [0.05, 0.1) is 12.6 Å². The zero-order chi connectivity index (χ0) is 10.5. The van der Waals surface area contributed by atoms with E-state index in [1.54, 1.807) is 0 Å². The largest absolute Gasteiger partial charge is 0.362 e. The average molecular weight is 201 g/mol. The van der Waals surface area contributed by atoms with Crippen molar-refractivity contribution in [2.75, 3.05) is 19.8 Å². The summed E-state index contributed by atoms with van der Waals surface area (Å²) in [6.07, 6.45) is 0.350. The third-order valence-corrected chi connectivity index (χ3v) is 2.37. The van der Waals surface area contributed by atoms with E-state index in [1.807, 2.05) is 30.3 Å². The molecule has 2 heteroatoms. The first-order valence-electron chi connectivity index (χ1n) is 5.22. The molecule has 2 rings (SSSR count). The summed E-state index contributed by atoms with van der Waals surface area (Å²) in [5, 5.41) is 0. The van der Waals surface area contributed by atoms with E-state index in [0.717, 1.165) is 18.7 Å². The van der Waals surface area contributed by atoms with Crippen molar-refractivity contribution in [1.29, 1.82) is 0 Å². The Morgan fingerprint density at radius 3 is 2.87 bits per heavy atom. The molecule has 0 spiro atoms. The molecule has 1 aromatic carbocycles. The normalized spacial score (nSPS) is 21.0. The maximum absolute atomic E-state index is 5.43. The highest BCUT2D eigenvalue weighted by molar-refractivity contribution is 5.33. The van der Waals surface area contributed by atoms with Gasteiger partial charge in [0.15, 0.2) is 0 Å². The van der Waals surface area contributed by atoms with Gasteiger partial charge in [-0.15, -0.1) is 0 Å². The van der Waals surface area contributed by atoms with Crippen molar-refractivity contribution < 1.29 is 4.74 Å². The van der Waals surface area contributed by atoms with E-state index in [9.17, 15) is 0 Å². The molecule has 0 aromatic heterocycles. The SMILES string of the molecule is CC1CN(CC#Cc2ccccc2)CO1. The van der Waals surface area contributed by atoms with E-state index < -0.39 is 0 Å². The van der Waals surface area contributed by atoms with Gasteiger partial charge in [0.2, 0.25) is 0 Å². The number of benzene rings is 1. The van der Waals surface area contributed by atoms with Crippen LogP contribution in [-0.2, 0) is 4.74 Å². The van der Waals surface area contributed by atoms with E-state index in [4.69, 9.17) is 4.74 Å². The summed E-state index contributed by atoms with van der Waals surface area (Å²) in [5.41, 5.74) is 1.07. The van der Waals surface area contributed by atoms with Gasteiger partial charge < -0.3 is 4.74 Å². The second kappa shape index (κ2) is 4.97. The molecule has 1 atom stereocenters. The minimum atomic E-state index is 0.350. The monoisotopic (exact) mass is 201 g/mol. The Morgan fingerprint density at radius 2 is 2.20 bits per heavy atom. The van der Waals surface area contributed by atoms with Crippen molar-refractivity contribution in [3.8, 4) is 11.8 Å². The lowest BCUT2D eigenvalue weighted by Crippen LogP contribution is -2.21. The van der Waals surface area contributed by atoms with Crippen molar-refractivity contribution >= 4 is 0 Å². The predicted octanol–water partition coefficient (Wildman–Crippen LogP) is 1.72. The molecule has 1 unspecified atom stereocenters. The van der Waals surface area contributed by atoms with E-state index in [1.165, 1.54) is 0 Å². The van der Waals surface area contributed by atoms with Crippen LogP contribution in [0.3, 0.4) is 0 Å². The number of hydrogen-bond acceptors (Lipinski definition) is 2. The molecule has 2 nitrogen and oxygen atoms in total. The van der Waals surface area contributed by atoms with Gasteiger partial charge in [-0.2, -0.15) is 0 Å². The van der Waals surface area contributed by atoms with Crippen LogP contribution >= 0.6 is 0 Å². The standard InChI is InChI=1S/C13H15NO/c1-12-10-14(11-15-12)9-5-8-13-6-3-2-4-7-13/h2-4,6-7,12H,9-11H2,1H3. The molecule has 78 valence electrons. The maximum atomic E-state index is 5.43. The fourth-order valence-corrected chi connectivity index (χ4v) is 1.59. The third-order valence-electron chi connectivity index (χ3n) is 2.37. The molecule has 0 saturated carbocycles. The highest BCUT2D eigenvalue weighted by Gasteiger charge is 2.17. The molecular formula is C13H15NO. The topological polar surface area (TPSA) is 12.5 Å². The van der Waals surface area contributed by atoms with Crippen molar-refractivity contribution in [3.63, 3.8) is 0 Å². The number of ether oxygens (including phenoxy) is 1. The summed E-state index contributed by atoms with van der Waals surface area (Å²) in [6, 6.07) is 10.1. The molecule has 1 fully saturated rings. The number of nitrogens with zero attached hydrogens (tertiary/aromatic N) is 1. The van der Waals surface area contributed by atoms with Crippen LogP contribution in [0, 0.1) is 11.8 Å². The lowest BCUT2D eigenvalue weighted by Gasteiger charge is -2.06. The van der Waals surface area contributed by atoms with Crippen LogP contribution in [0.1, 0.15) is 12.5 Å². The summed E-state index contributed by atoms with van der Waals surface area (Å²) in [4.78, 5) is 2.21. The second-order valence-electron chi connectivity index (χ2n) is 3.79. The van der Waals surface area contributed by atoms with Crippen molar-refractivity contribution in [2.45, 2.75) is 13.0 Å². The summed E-state index contributed by atoms with van der Waals surface area (Å²) in [7, 11) is 0. The summed E-state index contributed by atoms with van der Waals surface area (Å²) in [6.45, 7) is 4.58. The third kappa shape index (κ3) is 3.09. The van der Waals surface area contributed by atoms with Crippen LogP contribution in [-0.4, -0.2) is 30.8 Å². The van der Waals surface area contributed by atoms with E-state index >= 15 is 0 Å². The van der Waals surface area contributed by atoms with Crippen LogP contribution in [0.2, 0.25) is 0 Å². The highest BCUT2D eigenvalue weighted by Crippen LogP contribution is 2.05. The van der Waals surface area contributed by atoms with Crippen LogP contribution in [0.25, 0.3) is 0 Å². The molecule has 1 aliphatic rings. The van der Waals surface area contributed by atoms with E-state index in [2.05, 4.69) is 23.7 Å². The molecule has 1 saturated heterocycles. The Morgan fingerprint density at radius 1 is 1.40 bits per heavy atom. The quantitative estimate of drug-likeness (QED) is 0.641. The molecular weight excluding hydrogens is 186 g/mol. The van der Waals surface area contributed by atoms with Crippen molar-refractivity contribution in [1.82, 2.24) is 4.90 Å². The lowest BCUT2D eigenvalue weighted by molar-refractivity contribution is 0.103. The Hall–Kier alpha value is -1.30. The Kier molecular flexibility index (Phi) is 3.39. The van der Waals surface area contributed by atoms with Gasteiger partial charge in [0, 0.05) is 12.1 Å². The van der Waals surface area contributed by atoms with Gasteiger partial charge in [-0.25, -0.2) is 0 Å². The first-order valence-corrected chi connectivity index (χ1v) is 5.22. The van der Waals surface area contributed by atoms with E-state index in [0.29, 0.717) is 12.8 Å². The summed E-state index contributed by atoms with van der Waals surface area (Å²) >= 11 is 0. The molecule has 0 amide bonds. The first-order chi connectivity index (χ1) is 7.34. The Bertz CT molecular complexity index is 363. The van der Waals surface area contributed by atoms with Crippen molar-refractivity contribution in [3.05, 3.63) is 35.9 Å². The van der Waals surface area contributed by atoms with Gasteiger partial charge in [-0.3, -0.25) is 4.90 Å². The molecule has 1 aromatic rings. The zero-order valence-corrected chi connectivity index (χ0v) is 8.94. The van der Waals surface area contributed by atoms with Crippen LogP contribution in [0.15, 0.2) is 30.3 Å². The zero-order valence-electron chi connectivity index (χ0n) is 8.94.